The van der Waals surface area contributed by atoms with E-state index in [2.05, 4.69) is 22.5 Å². The van der Waals surface area contributed by atoms with Gasteiger partial charge in [0.25, 0.3) is 0 Å². The number of carbonyl (C=O) groups excluding carboxylic acids is 3. The Labute approximate surface area is 293 Å². The van der Waals surface area contributed by atoms with E-state index >= 15 is 0 Å². The van der Waals surface area contributed by atoms with Crippen LogP contribution in [-0.4, -0.2) is 84.8 Å². The second kappa shape index (κ2) is 27.8. The zero-order valence-corrected chi connectivity index (χ0v) is 30.2. The van der Waals surface area contributed by atoms with Gasteiger partial charge in [0.1, 0.15) is 12.1 Å². The van der Waals surface area contributed by atoms with Crippen molar-refractivity contribution in [2.45, 2.75) is 122 Å². The molecule has 0 aliphatic heterocycles. The molecular formula is C36H61Cl2N3O6. The molecule has 0 saturated heterocycles. The first-order valence-electron chi connectivity index (χ1n) is 17.7. The first kappa shape index (κ1) is 43.0. The Morgan fingerprint density at radius 1 is 0.745 bits per heavy atom. The summed E-state index contributed by atoms with van der Waals surface area (Å²) in [5, 5.41) is 24.8. The summed E-state index contributed by atoms with van der Waals surface area (Å²) in [6.45, 7) is 1.75. The number of aliphatic hydroxyl groups is 2. The monoisotopic (exact) mass is 701 g/mol. The van der Waals surface area contributed by atoms with Gasteiger partial charge in [-0.1, -0.05) is 96.1 Å². The summed E-state index contributed by atoms with van der Waals surface area (Å²) in [4.78, 5) is 39.2. The average molecular weight is 703 g/mol. The SMILES string of the molecule is CCCCCCCCCCCCCCCC(=O)OCC(CO)(CO)NC(=O)CNC(=O)CCCc1ccc(N(CCCl)CCCl)cc1. The van der Waals surface area contributed by atoms with Gasteiger partial charge in [-0.05, 0) is 37.0 Å². The minimum absolute atomic E-state index is 0.238. The first-order valence-corrected chi connectivity index (χ1v) is 18.8. The largest absolute Gasteiger partial charge is 0.463 e. The minimum Gasteiger partial charge on any atom is -0.463 e. The summed E-state index contributed by atoms with van der Waals surface area (Å²) in [5.41, 5.74) is 0.614. The van der Waals surface area contributed by atoms with Crippen molar-refractivity contribution in [3.8, 4) is 0 Å². The van der Waals surface area contributed by atoms with E-state index in [1.165, 1.54) is 64.2 Å². The van der Waals surface area contributed by atoms with E-state index in [0.717, 1.165) is 24.1 Å². The lowest BCUT2D eigenvalue weighted by Gasteiger charge is -2.30. The second-order valence-corrected chi connectivity index (χ2v) is 13.2. The maximum atomic E-state index is 12.5. The molecule has 0 atom stereocenters. The molecule has 0 heterocycles. The number of aliphatic hydroxyl groups excluding tert-OH is 2. The average Bonchev–Trinajstić information content (AvgIpc) is 3.08. The standard InChI is InChI=1S/C36H61Cl2N3O6/c1-2-3-4-5-6-7-8-9-10-11-12-13-14-18-35(46)47-30-36(28-42,29-43)40-34(45)27-39-33(44)17-15-16-31-19-21-32(22-20-31)41(25-23-37)26-24-38/h19-22,42-43H,2-18,23-30H2,1H3,(H,39,44)(H,40,45). The molecule has 0 radical (unpaired) electrons. The Hall–Kier alpha value is -2.07. The van der Waals surface area contributed by atoms with Gasteiger partial charge in [-0.15, -0.1) is 23.2 Å². The fourth-order valence-electron chi connectivity index (χ4n) is 5.34. The molecule has 47 heavy (non-hydrogen) atoms. The summed E-state index contributed by atoms with van der Waals surface area (Å²) in [6, 6.07) is 8.08. The highest BCUT2D eigenvalue weighted by atomic mass is 35.5. The van der Waals surface area contributed by atoms with Crippen molar-refractivity contribution >= 4 is 46.7 Å². The minimum atomic E-state index is -1.53. The maximum absolute atomic E-state index is 12.5. The molecule has 1 aromatic rings. The van der Waals surface area contributed by atoms with Crippen LogP contribution in [0.5, 0.6) is 0 Å². The van der Waals surface area contributed by atoms with Gasteiger partial charge < -0.3 is 30.5 Å². The molecular weight excluding hydrogens is 641 g/mol. The lowest BCUT2D eigenvalue weighted by Crippen LogP contribution is -2.59. The Bertz CT molecular complexity index is 957. The first-order chi connectivity index (χ1) is 22.8. The highest BCUT2D eigenvalue weighted by Gasteiger charge is 2.32. The number of anilines is 1. The number of amides is 2. The van der Waals surface area contributed by atoms with Gasteiger partial charge in [0.05, 0.1) is 19.8 Å². The molecule has 0 aromatic heterocycles. The van der Waals surface area contributed by atoms with Crippen molar-refractivity contribution in [2.24, 2.45) is 0 Å². The topological polar surface area (TPSA) is 128 Å². The molecule has 9 nitrogen and oxygen atoms in total. The van der Waals surface area contributed by atoms with Gasteiger partial charge in [0.2, 0.25) is 11.8 Å². The molecule has 0 aliphatic carbocycles. The van der Waals surface area contributed by atoms with Crippen LogP contribution in [0.2, 0.25) is 0 Å². The van der Waals surface area contributed by atoms with Crippen molar-refractivity contribution in [1.82, 2.24) is 10.6 Å². The molecule has 0 unspecified atom stereocenters. The summed E-state index contributed by atoms with van der Waals surface area (Å²) in [6.07, 6.45) is 17.5. The molecule has 1 rings (SSSR count). The van der Waals surface area contributed by atoms with Crippen molar-refractivity contribution in [3.05, 3.63) is 29.8 Å². The number of alkyl halides is 2. The predicted molar refractivity (Wildman–Crippen MR) is 192 cm³/mol. The summed E-state index contributed by atoms with van der Waals surface area (Å²) < 4.78 is 5.29. The van der Waals surface area contributed by atoms with E-state index in [1.807, 2.05) is 24.3 Å². The van der Waals surface area contributed by atoms with Crippen LogP contribution in [0.15, 0.2) is 24.3 Å². The highest BCUT2D eigenvalue weighted by molar-refractivity contribution is 6.18. The lowest BCUT2D eigenvalue weighted by molar-refractivity contribution is -0.149. The molecule has 0 bridgehead atoms. The zero-order valence-electron chi connectivity index (χ0n) is 28.7. The summed E-state index contributed by atoms with van der Waals surface area (Å²) in [7, 11) is 0. The van der Waals surface area contributed by atoms with Gasteiger partial charge in [0, 0.05) is 43.4 Å². The van der Waals surface area contributed by atoms with Crippen LogP contribution in [0.25, 0.3) is 0 Å². The van der Waals surface area contributed by atoms with E-state index in [0.29, 0.717) is 44.1 Å². The number of benzene rings is 1. The third kappa shape index (κ3) is 20.8. The van der Waals surface area contributed by atoms with Crippen LogP contribution in [0.4, 0.5) is 5.69 Å². The number of nitrogens with zero attached hydrogens (tertiary/aromatic N) is 1. The molecule has 11 heteroatoms. The number of unbranched alkanes of at least 4 members (excludes halogenated alkanes) is 12. The fraction of sp³-hybridized carbons (Fsp3) is 0.750. The van der Waals surface area contributed by atoms with Crippen LogP contribution in [-0.2, 0) is 25.5 Å². The summed E-state index contributed by atoms with van der Waals surface area (Å²) in [5.74, 6) is -0.281. The third-order valence-electron chi connectivity index (χ3n) is 8.33. The molecule has 0 fully saturated rings. The quantitative estimate of drug-likeness (QED) is 0.0423. The van der Waals surface area contributed by atoms with Crippen LogP contribution in [0.1, 0.15) is 115 Å². The molecule has 0 aliphatic rings. The Morgan fingerprint density at radius 3 is 1.79 bits per heavy atom. The fourth-order valence-corrected chi connectivity index (χ4v) is 5.75. The van der Waals surface area contributed by atoms with Crippen molar-refractivity contribution < 1.29 is 29.3 Å². The van der Waals surface area contributed by atoms with Crippen molar-refractivity contribution in [1.29, 1.82) is 0 Å². The number of hydrogen-bond acceptors (Lipinski definition) is 7. The number of carbonyl (C=O) groups is 3. The number of esters is 1. The van der Waals surface area contributed by atoms with Gasteiger partial charge in [0.15, 0.2) is 0 Å². The van der Waals surface area contributed by atoms with Crippen LogP contribution >= 0.6 is 23.2 Å². The maximum Gasteiger partial charge on any atom is 0.305 e. The smallest absolute Gasteiger partial charge is 0.305 e. The number of ether oxygens (including phenoxy) is 1. The normalized spacial score (nSPS) is 11.3. The number of rotatable bonds is 30. The predicted octanol–water partition coefficient (Wildman–Crippen LogP) is 6.27. The zero-order chi connectivity index (χ0) is 34.6. The van der Waals surface area contributed by atoms with Crippen LogP contribution < -0.4 is 15.5 Å². The van der Waals surface area contributed by atoms with Gasteiger partial charge in [-0.25, -0.2) is 0 Å². The van der Waals surface area contributed by atoms with Gasteiger partial charge in [-0.3, -0.25) is 14.4 Å². The third-order valence-corrected chi connectivity index (χ3v) is 8.67. The highest BCUT2D eigenvalue weighted by Crippen LogP contribution is 2.17. The van der Waals surface area contributed by atoms with Gasteiger partial charge >= 0.3 is 5.97 Å². The van der Waals surface area contributed by atoms with E-state index in [4.69, 9.17) is 27.9 Å². The van der Waals surface area contributed by atoms with Crippen LogP contribution in [0, 0.1) is 0 Å². The van der Waals surface area contributed by atoms with Crippen molar-refractivity contribution in [3.63, 3.8) is 0 Å². The second-order valence-electron chi connectivity index (χ2n) is 12.5. The Balaban J connectivity index is 2.23. The van der Waals surface area contributed by atoms with E-state index in [9.17, 15) is 24.6 Å². The molecule has 2 amide bonds. The van der Waals surface area contributed by atoms with E-state index in [-0.39, 0.29) is 31.9 Å². The number of nitrogens with one attached hydrogen (secondary N) is 2. The molecule has 0 saturated carbocycles. The Morgan fingerprint density at radius 2 is 1.28 bits per heavy atom. The number of aryl methyl sites for hydroxylation is 1. The van der Waals surface area contributed by atoms with Crippen LogP contribution in [0.3, 0.4) is 0 Å². The van der Waals surface area contributed by atoms with Crippen molar-refractivity contribution in [2.75, 3.05) is 56.1 Å². The van der Waals surface area contributed by atoms with Gasteiger partial charge in [-0.2, -0.15) is 0 Å². The molecule has 0 spiro atoms. The lowest BCUT2D eigenvalue weighted by atomic mass is 10.0. The molecule has 270 valence electrons. The molecule has 1 aromatic carbocycles. The molecule has 4 N–H and O–H groups in total. The number of halogens is 2. The number of hydrogen-bond donors (Lipinski definition) is 4. The summed E-state index contributed by atoms with van der Waals surface area (Å²) >= 11 is 11.8. The Kier molecular flexibility index (Phi) is 25.4. The van der Waals surface area contributed by atoms with E-state index < -0.39 is 30.6 Å². The van der Waals surface area contributed by atoms with E-state index in [1.54, 1.807) is 0 Å².